The maximum absolute atomic E-state index is 12.1. The number of carbonyl (C=O) groups is 1. The number of amides is 1. The number of hydrogen-bond donors (Lipinski definition) is 2. The van der Waals surface area contributed by atoms with Gasteiger partial charge in [-0.3, -0.25) is 4.79 Å². The zero-order chi connectivity index (χ0) is 13.7. The summed E-state index contributed by atoms with van der Waals surface area (Å²) < 4.78 is 6.34. The number of hydrogen-bond acceptors (Lipinski definition) is 3. The Labute approximate surface area is 139 Å². The van der Waals surface area contributed by atoms with E-state index < -0.39 is 0 Å². The summed E-state index contributed by atoms with van der Waals surface area (Å²) in [5.74, 6) is -0.0253. The number of methoxy groups -OCH3 is 1. The van der Waals surface area contributed by atoms with E-state index in [1.165, 1.54) is 0 Å². The maximum atomic E-state index is 12.1. The van der Waals surface area contributed by atoms with Gasteiger partial charge in [-0.15, -0.1) is 12.4 Å². The van der Waals surface area contributed by atoms with Crippen LogP contribution in [0.25, 0.3) is 0 Å². The van der Waals surface area contributed by atoms with Crippen molar-refractivity contribution in [3.8, 4) is 0 Å². The van der Waals surface area contributed by atoms with E-state index in [0.717, 1.165) is 23.0 Å². The third-order valence-electron chi connectivity index (χ3n) is 3.43. The lowest BCUT2D eigenvalue weighted by Crippen LogP contribution is -2.53. The summed E-state index contributed by atoms with van der Waals surface area (Å²) >= 11 is 2.21. The highest BCUT2D eigenvalue weighted by Crippen LogP contribution is 2.19. The molecular formula is C14H20ClIN2O2. The standard InChI is InChI=1S/C14H19IN2O2.ClH/c1-19-10-14(6-3-7-17-14)9-16-13(18)11-4-2-5-12(15)8-11;/h2,4-5,8,17H,3,6-7,9-10H2,1H3,(H,16,18);1H. The van der Waals surface area contributed by atoms with Crippen molar-refractivity contribution in [2.24, 2.45) is 0 Å². The first-order valence-corrected chi connectivity index (χ1v) is 7.51. The van der Waals surface area contributed by atoms with Crippen molar-refractivity contribution in [2.75, 3.05) is 26.8 Å². The van der Waals surface area contributed by atoms with Crippen molar-refractivity contribution in [3.63, 3.8) is 0 Å². The van der Waals surface area contributed by atoms with E-state index in [9.17, 15) is 4.79 Å². The Morgan fingerprint density at radius 3 is 2.95 bits per heavy atom. The lowest BCUT2D eigenvalue weighted by molar-refractivity contribution is 0.0892. The fourth-order valence-corrected chi connectivity index (χ4v) is 2.99. The normalized spacial score (nSPS) is 21.3. The monoisotopic (exact) mass is 410 g/mol. The molecule has 1 atom stereocenters. The fraction of sp³-hybridized carbons (Fsp3) is 0.500. The van der Waals surface area contributed by atoms with Crippen LogP contribution >= 0.6 is 35.0 Å². The Hall–Kier alpha value is -0.370. The maximum Gasteiger partial charge on any atom is 0.251 e. The Bertz CT molecular complexity index is 451. The van der Waals surface area contributed by atoms with Gasteiger partial charge in [0.05, 0.1) is 12.1 Å². The number of benzene rings is 1. The second-order valence-electron chi connectivity index (χ2n) is 4.94. The summed E-state index contributed by atoms with van der Waals surface area (Å²) in [4.78, 5) is 12.1. The van der Waals surface area contributed by atoms with Crippen molar-refractivity contribution in [2.45, 2.75) is 18.4 Å². The number of ether oxygens (including phenoxy) is 1. The van der Waals surface area contributed by atoms with Crippen LogP contribution in [0.4, 0.5) is 0 Å². The molecule has 112 valence electrons. The summed E-state index contributed by atoms with van der Waals surface area (Å²) in [5, 5.41) is 6.46. The van der Waals surface area contributed by atoms with Gasteiger partial charge in [0.15, 0.2) is 0 Å². The van der Waals surface area contributed by atoms with Gasteiger partial charge in [-0.2, -0.15) is 0 Å². The topological polar surface area (TPSA) is 50.4 Å². The van der Waals surface area contributed by atoms with Crippen molar-refractivity contribution in [3.05, 3.63) is 33.4 Å². The molecule has 0 radical (unpaired) electrons. The zero-order valence-electron chi connectivity index (χ0n) is 11.4. The van der Waals surface area contributed by atoms with Crippen molar-refractivity contribution in [1.82, 2.24) is 10.6 Å². The van der Waals surface area contributed by atoms with Gasteiger partial charge < -0.3 is 15.4 Å². The van der Waals surface area contributed by atoms with Crippen LogP contribution in [0.2, 0.25) is 0 Å². The molecule has 20 heavy (non-hydrogen) atoms. The summed E-state index contributed by atoms with van der Waals surface area (Å²) in [5.41, 5.74) is 0.601. The Balaban J connectivity index is 0.00000200. The molecule has 1 unspecified atom stereocenters. The first-order chi connectivity index (χ1) is 9.15. The van der Waals surface area contributed by atoms with Crippen LogP contribution in [0.1, 0.15) is 23.2 Å². The number of halogens is 2. The molecule has 0 aliphatic carbocycles. The second kappa shape index (κ2) is 8.17. The van der Waals surface area contributed by atoms with Crippen LogP contribution in [0.5, 0.6) is 0 Å². The number of nitrogens with one attached hydrogen (secondary N) is 2. The predicted molar refractivity (Wildman–Crippen MR) is 90.6 cm³/mol. The minimum atomic E-state index is -0.105. The van der Waals surface area contributed by atoms with E-state index >= 15 is 0 Å². The summed E-state index contributed by atoms with van der Waals surface area (Å²) in [6.45, 7) is 2.22. The minimum Gasteiger partial charge on any atom is -0.383 e. The quantitative estimate of drug-likeness (QED) is 0.732. The number of rotatable bonds is 5. The van der Waals surface area contributed by atoms with E-state index in [1.54, 1.807) is 7.11 Å². The van der Waals surface area contributed by atoms with Crippen LogP contribution in [0.15, 0.2) is 24.3 Å². The molecule has 2 N–H and O–H groups in total. The lowest BCUT2D eigenvalue weighted by Gasteiger charge is -2.28. The van der Waals surface area contributed by atoms with E-state index in [1.807, 2.05) is 24.3 Å². The van der Waals surface area contributed by atoms with E-state index in [-0.39, 0.29) is 23.9 Å². The first kappa shape index (κ1) is 17.7. The van der Waals surface area contributed by atoms with Gasteiger partial charge in [0, 0.05) is 22.8 Å². The van der Waals surface area contributed by atoms with Gasteiger partial charge in [-0.25, -0.2) is 0 Å². The van der Waals surface area contributed by atoms with E-state index in [2.05, 4.69) is 33.2 Å². The molecule has 1 aromatic carbocycles. The summed E-state index contributed by atoms with van der Waals surface area (Å²) in [6.07, 6.45) is 2.16. The van der Waals surface area contributed by atoms with Gasteiger partial charge >= 0.3 is 0 Å². The molecule has 1 aliphatic heterocycles. The molecule has 0 spiro atoms. The molecule has 1 fully saturated rings. The lowest BCUT2D eigenvalue weighted by atomic mass is 9.98. The zero-order valence-corrected chi connectivity index (χ0v) is 14.4. The molecule has 4 nitrogen and oxygen atoms in total. The summed E-state index contributed by atoms with van der Waals surface area (Å²) in [6, 6.07) is 7.60. The van der Waals surface area contributed by atoms with Crippen molar-refractivity contribution in [1.29, 1.82) is 0 Å². The molecule has 1 aromatic rings. The highest BCUT2D eigenvalue weighted by Gasteiger charge is 2.33. The summed E-state index contributed by atoms with van der Waals surface area (Å²) in [7, 11) is 1.70. The van der Waals surface area contributed by atoms with Gasteiger partial charge in [0.25, 0.3) is 5.91 Å². The van der Waals surface area contributed by atoms with Crippen LogP contribution in [-0.4, -0.2) is 38.3 Å². The highest BCUT2D eigenvalue weighted by atomic mass is 127. The molecule has 1 heterocycles. The molecule has 1 aliphatic rings. The second-order valence-corrected chi connectivity index (χ2v) is 6.18. The molecular weight excluding hydrogens is 391 g/mol. The number of carbonyl (C=O) groups excluding carboxylic acids is 1. The third kappa shape index (κ3) is 4.58. The Morgan fingerprint density at radius 1 is 1.55 bits per heavy atom. The predicted octanol–water partition coefficient (Wildman–Crippen LogP) is 2.21. The first-order valence-electron chi connectivity index (χ1n) is 6.43. The average molecular weight is 411 g/mol. The van der Waals surface area contributed by atoms with Crippen molar-refractivity contribution < 1.29 is 9.53 Å². The van der Waals surface area contributed by atoms with E-state index in [4.69, 9.17) is 4.74 Å². The van der Waals surface area contributed by atoms with Gasteiger partial charge in [-0.1, -0.05) is 6.07 Å². The van der Waals surface area contributed by atoms with Crippen LogP contribution in [-0.2, 0) is 4.74 Å². The SMILES string of the molecule is COCC1(CNC(=O)c2cccc(I)c2)CCCN1.Cl. The van der Waals surface area contributed by atoms with E-state index in [0.29, 0.717) is 18.7 Å². The molecule has 2 rings (SSSR count). The van der Waals surface area contributed by atoms with Crippen LogP contribution in [0.3, 0.4) is 0 Å². The minimum absolute atomic E-state index is 0. The Morgan fingerprint density at radius 2 is 2.35 bits per heavy atom. The Kier molecular flexibility index (Phi) is 7.22. The average Bonchev–Trinajstić information content (AvgIpc) is 2.85. The van der Waals surface area contributed by atoms with Crippen molar-refractivity contribution >= 4 is 40.9 Å². The van der Waals surface area contributed by atoms with Gasteiger partial charge in [0.1, 0.15) is 0 Å². The van der Waals surface area contributed by atoms with Crippen LogP contribution < -0.4 is 10.6 Å². The molecule has 6 heteroatoms. The molecule has 0 bridgehead atoms. The molecule has 0 aromatic heterocycles. The highest BCUT2D eigenvalue weighted by molar-refractivity contribution is 14.1. The van der Waals surface area contributed by atoms with Crippen LogP contribution in [0, 0.1) is 3.57 Å². The smallest absolute Gasteiger partial charge is 0.251 e. The molecule has 0 saturated carbocycles. The largest absolute Gasteiger partial charge is 0.383 e. The third-order valence-corrected chi connectivity index (χ3v) is 4.10. The fourth-order valence-electron chi connectivity index (χ4n) is 2.45. The van der Waals surface area contributed by atoms with Gasteiger partial charge in [-0.05, 0) is 60.2 Å². The van der Waals surface area contributed by atoms with Gasteiger partial charge in [0.2, 0.25) is 0 Å². The molecule has 1 saturated heterocycles. The molecule has 1 amide bonds.